The lowest BCUT2D eigenvalue weighted by Gasteiger charge is -2.16. The molecule has 0 saturated carbocycles. The largest absolute Gasteiger partial charge is 0.619 e. The van der Waals surface area contributed by atoms with E-state index in [0.29, 0.717) is 21.7 Å². The quantitative estimate of drug-likeness (QED) is 0.222. The van der Waals surface area contributed by atoms with Crippen LogP contribution in [0.25, 0.3) is 11.4 Å². The fourth-order valence-electron chi connectivity index (χ4n) is 3.06. The summed E-state index contributed by atoms with van der Waals surface area (Å²) in [6, 6.07) is 12.8. The van der Waals surface area contributed by atoms with Crippen LogP contribution in [0.2, 0.25) is 5.15 Å². The van der Waals surface area contributed by atoms with Crippen LogP contribution in [0, 0.1) is 19.1 Å². The molecule has 0 radical (unpaired) electrons. The molecule has 0 aliphatic carbocycles. The summed E-state index contributed by atoms with van der Waals surface area (Å²) in [6.07, 6.45) is 2.73. The standard InChI is InChI=1S/C23H20ClN5O5S/c1-14-8-9-19(25-13-14)35(31,32)28-23-20(34-18-7-5-4-6-17(18)33-3)21(24)26-22(27-23)16-10-11-29(30)15(2)12-16/h4-13H,1-3H3,(H,26,27,28). The number of halogens is 1. The van der Waals surface area contributed by atoms with Crippen molar-refractivity contribution in [2.24, 2.45) is 0 Å². The number of aryl methyl sites for hydroxylation is 2. The number of ether oxygens (including phenoxy) is 2. The van der Waals surface area contributed by atoms with Crippen LogP contribution in [0.15, 0.2) is 66.0 Å². The highest BCUT2D eigenvalue weighted by atomic mass is 35.5. The molecule has 0 bridgehead atoms. The van der Waals surface area contributed by atoms with Gasteiger partial charge in [-0.25, -0.2) is 15.0 Å². The van der Waals surface area contributed by atoms with E-state index in [1.807, 2.05) is 0 Å². The third-order valence-corrected chi connectivity index (χ3v) is 6.37. The Morgan fingerprint density at radius 3 is 2.46 bits per heavy atom. The molecule has 1 aromatic carbocycles. The lowest BCUT2D eigenvalue weighted by atomic mass is 10.2. The Bertz CT molecular complexity index is 1500. The second-order valence-corrected chi connectivity index (χ2v) is 9.42. The van der Waals surface area contributed by atoms with Gasteiger partial charge in [-0.2, -0.15) is 13.1 Å². The van der Waals surface area contributed by atoms with Gasteiger partial charge < -0.3 is 14.7 Å². The number of rotatable bonds is 7. The van der Waals surface area contributed by atoms with E-state index in [1.165, 1.54) is 31.6 Å². The number of anilines is 1. The predicted molar refractivity (Wildman–Crippen MR) is 129 cm³/mol. The van der Waals surface area contributed by atoms with Gasteiger partial charge in [-0.1, -0.05) is 29.8 Å². The van der Waals surface area contributed by atoms with Gasteiger partial charge >= 0.3 is 0 Å². The zero-order chi connectivity index (χ0) is 25.2. The van der Waals surface area contributed by atoms with Crippen LogP contribution in [-0.4, -0.2) is 30.5 Å². The van der Waals surface area contributed by atoms with Gasteiger partial charge in [0, 0.05) is 30.8 Å². The van der Waals surface area contributed by atoms with Gasteiger partial charge in [0.25, 0.3) is 10.0 Å². The Morgan fingerprint density at radius 2 is 1.80 bits per heavy atom. The third-order valence-electron chi connectivity index (χ3n) is 4.86. The van der Waals surface area contributed by atoms with Gasteiger partial charge in [-0.3, -0.25) is 4.72 Å². The molecule has 0 fully saturated rings. The average molecular weight is 514 g/mol. The predicted octanol–water partition coefficient (Wildman–Crippen LogP) is 4.04. The van der Waals surface area contributed by atoms with Crippen molar-refractivity contribution in [3.05, 3.63) is 82.5 Å². The number of hydrogen-bond donors (Lipinski definition) is 1. The van der Waals surface area contributed by atoms with Crippen molar-refractivity contribution in [2.45, 2.75) is 18.9 Å². The van der Waals surface area contributed by atoms with E-state index in [2.05, 4.69) is 19.7 Å². The van der Waals surface area contributed by atoms with Gasteiger partial charge in [0.05, 0.1) is 7.11 Å². The minimum absolute atomic E-state index is 0.0839. The number of para-hydroxylation sites is 2. The van der Waals surface area contributed by atoms with Crippen molar-refractivity contribution in [3.63, 3.8) is 0 Å². The number of benzene rings is 1. The van der Waals surface area contributed by atoms with Crippen molar-refractivity contribution >= 4 is 27.4 Å². The molecule has 0 aliphatic rings. The van der Waals surface area contributed by atoms with Gasteiger partial charge in [0.15, 0.2) is 45.2 Å². The first kappa shape index (κ1) is 24.2. The van der Waals surface area contributed by atoms with Crippen LogP contribution in [-0.2, 0) is 10.0 Å². The molecule has 4 rings (SSSR count). The topological polar surface area (TPSA) is 130 Å². The van der Waals surface area contributed by atoms with Crippen LogP contribution < -0.4 is 18.9 Å². The first-order valence-corrected chi connectivity index (χ1v) is 12.1. The highest BCUT2D eigenvalue weighted by Crippen LogP contribution is 2.39. The number of nitrogens with zero attached hydrogens (tertiary/aromatic N) is 4. The lowest BCUT2D eigenvalue weighted by molar-refractivity contribution is -0.612. The monoisotopic (exact) mass is 513 g/mol. The third kappa shape index (κ3) is 5.26. The summed E-state index contributed by atoms with van der Waals surface area (Å²) in [5.41, 5.74) is 1.64. The van der Waals surface area contributed by atoms with Crippen molar-refractivity contribution in [2.75, 3.05) is 11.8 Å². The van der Waals surface area contributed by atoms with Crippen molar-refractivity contribution in [1.82, 2.24) is 15.0 Å². The van der Waals surface area contributed by atoms with Crippen LogP contribution >= 0.6 is 11.6 Å². The SMILES string of the molecule is COc1ccccc1Oc1c(Cl)nc(-c2cc[n+]([O-])c(C)c2)nc1NS(=O)(=O)c1ccc(C)cn1. The fourth-order valence-corrected chi connectivity index (χ4v) is 4.20. The molecule has 35 heavy (non-hydrogen) atoms. The molecule has 12 heteroatoms. The Balaban J connectivity index is 1.84. The number of sulfonamides is 1. The molecule has 0 aliphatic heterocycles. The summed E-state index contributed by atoms with van der Waals surface area (Å²) in [5, 5.41) is 11.4. The van der Waals surface area contributed by atoms with Crippen LogP contribution in [0.4, 0.5) is 5.82 Å². The maximum absolute atomic E-state index is 13.1. The molecule has 10 nitrogen and oxygen atoms in total. The van der Waals surface area contributed by atoms with Crippen LogP contribution in [0.1, 0.15) is 11.3 Å². The first-order valence-electron chi connectivity index (χ1n) is 10.2. The first-order chi connectivity index (χ1) is 16.7. The molecule has 3 heterocycles. The second kappa shape index (κ2) is 9.72. The fraction of sp³-hybridized carbons (Fsp3) is 0.130. The van der Waals surface area contributed by atoms with E-state index >= 15 is 0 Å². The van der Waals surface area contributed by atoms with Crippen molar-refractivity contribution < 1.29 is 22.6 Å². The number of pyridine rings is 2. The van der Waals surface area contributed by atoms with Gasteiger partial charge in [0.1, 0.15) is 0 Å². The molecule has 1 N–H and O–H groups in total. The van der Waals surface area contributed by atoms with Crippen LogP contribution in [0.5, 0.6) is 17.2 Å². The maximum atomic E-state index is 13.1. The number of aromatic nitrogens is 4. The summed E-state index contributed by atoms with van der Waals surface area (Å²) in [4.78, 5) is 12.6. The van der Waals surface area contributed by atoms with E-state index in [0.717, 1.165) is 5.56 Å². The number of hydrogen-bond acceptors (Lipinski definition) is 8. The Hall–Kier alpha value is -3.96. The Kier molecular flexibility index (Phi) is 6.72. The highest BCUT2D eigenvalue weighted by Gasteiger charge is 2.24. The minimum Gasteiger partial charge on any atom is -0.619 e. The second-order valence-electron chi connectivity index (χ2n) is 7.43. The van der Waals surface area contributed by atoms with E-state index in [9.17, 15) is 13.6 Å². The summed E-state index contributed by atoms with van der Waals surface area (Å²) in [5.74, 6) is 0.387. The minimum atomic E-state index is -4.17. The zero-order valence-electron chi connectivity index (χ0n) is 18.9. The normalized spacial score (nSPS) is 11.2. The van der Waals surface area contributed by atoms with Gasteiger partial charge in [0.2, 0.25) is 5.75 Å². The molecule has 3 aromatic heterocycles. The molecular formula is C23H20ClN5O5S. The van der Waals surface area contributed by atoms with E-state index in [4.69, 9.17) is 21.1 Å². The summed E-state index contributed by atoms with van der Waals surface area (Å²) in [6.45, 7) is 3.41. The van der Waals surface area contributed by atoms with Crippen molar-refractivity contribution in [3.8, 4) is 28.6 Å². The Morgan fingerprint density at radius 1 is 1.06 bits per heavy atom. The number of nitrogens with one attached hydrogen (secondary N) is 1. The molecule has 0 amide bonds. The summed E-state index contributed by atoms with van der Waals surface area (Å²) in [7, 11) is -2.70. The average Bonchev–Trinajstić information content (AvgIpc) is 2.83. The van der Waals surface area contributed by atoms with E-state index < -0.39 is 10.0 Å². The molecule has 0 saturated heterocycles. The molecule has 180 valence electrons. The summed E-state index contributed by atoms with van der Waals surface area (Å²) < 4.78 is 40.5. The highest BCUT2D eigenvalue weighted by molar-refractivity contribution is 7.92. The molecule has 4 aromatic rings. The molecule has 0 spiro atoms. The molecular weight excluding hydrogens is 494 g/mol. The van der Waals surface area contributed by atoms with Crippen molar-refractivity contribution in [1.29, 1.82) is 0 Å². The van der Waals surface area contributed by atoms with Crippen LogP contribution in [0.3, 0.4) is 0 Å². The number of methoxy groups -OCH3 is 1. The molecule has 0 unspecified atom stereocenters. The summed E-state index contributed by atoms with van der Waals surface area (Å²) >= 11 is 6.46. The van der Waals surface area contributed by atoms with E-state index in [1.54, 1.807) is 50.2 Å². The smallest absolute Gasteiger partial charge is 0.280 e. The lowest BCUT2D eigenvalue weighted by Crippen LogP contribution is -2.28. The van der Waals surface area contributed by atoms with E-state index in [-0.39, 0.29) is 33.3 Å². The van der Waals surface area contributed by atoms with Gasteiger partial charge in [-0.05, 0) is 30.7 Å². The molecule has 0 atom stereocenters. The maximum Gasteiger partial charge on any atom is 0.280 e. The zero-order valence-corrected chi connectivity index (χ0v) is 20.5. The van der Waals surface area contributed by atoms with Gasteiger partial charge in [-0.15, -0.1) is 0 Å². The Labute approximate surface area is 206 Å².